The summed E-state index contributed by atoms with van der Waals surface area (Å²) in [6.45, 7) is 5.92. The normalized spacial score (nSPS) is 18.1. The highest BCUT2D eigenvalue weighted by Crippen LogP contribution is 2.26. The molecule has 0 bridgehead atoms. The number of carbonyl (C=O) groups excluding carboxylic acids is 1. The fraction of sp³-hybridized carbons (Fsp3) is 0.562. The van der Waals surface area contributed by atoms with Crippen LogP contribution in [0.1, 0.15) is 19.1 Å². The maximum Gasteiger partial charge on any atom is 0.233 e. The van der Waals surface area contributed by atoms with E-state index in [0.29, 0.717) is 25.4 Å². The zero-order chi connectivity index (χ0) is 17.1. The Kier molecular flexibility index (Phi) is 5.25. The molecule has 3 heterocycles. The molecule has 0 aliphatic carbocycles. The van der Waals surface area contributed by atoms with Gasteiger partial charge in [-0.05, 0) is 19.4 Å². The zero-order valence-corrected chi connectivity index (χ0v) is 15.0. The first-order valence-electron chi connectivity index (χ1n) is 8.06. The minimum absolute atomic E-state index is 0.116. The third-order valence-corrected chi connectivity index (χ3v) is 5.21. The lowest BCUT2D eigenvalue weighted by Gasteiger charge is -2.32. The Morgan fingerprint density at radius 3 is 3.00 bits per heavy atom. The molecule has 1 fully saturated rings. The van der Waals surface area contributed by atoms with E-state index < -0.39 is 0 Å². The number of nitrogens with zero attached hydrogens (tertiary/aromatic N) is 4. The predicted octanol–water partition coefficient (Wildman–Crippen LogP) is 2.11. The number of aryl methyl sites for hydroxylation is 1. The number of carbonyl (C=O) groups is 1. The van der Waals surface area contributed by atoms with Crippen molar-refractivity contribution in [2.45, 2.75) is 31.5 Å². The summed E-state index contributed by atoms with van der Waals surface area (Å²) in [5.41, 5.74) is 0.919. The van der Waals surface area contributed by atoms with Gasteiger partial charge in [-0.2, -0.15) is 0 Å². The number of furan rings is 1. The maximum atomic E-state index is 12.4. The lowest BCUT2D eigenvalue weighted by molar-refractivity contribution is -0.135. The van der Waals surface area contributed by atoms with Gasteiger partial charge in [-0.3, -0.25) is 4.79 Å². The van der Waals surface area contributed by atoms with Crippen LogP contribution in [-0.4, -0.2) is 57.1 Å². The van der Waals surface area contributed by atoms with Gasteiger partial charge >= 0.3 is 0 Å². The van der Waals surface area contributed by atoms with E-state index in [1.807, 2.05) is 29.5 Å². The van der Waals surface area contributed by atoms with Gasteiger partial charge in [0.1, 0.15) is 5.76 Å². The summed E-state index contributed by atoms with van der Waals surface area (Å²) < 4.78 is 12.8. The van der Waals surface area contributed by atoms with Crippen LogP contribution in [-0.2, 0) is 16.6 Å². The summed E-state index contributed by atoms with van der Waals surface area (Å²) in [6, 6.07) is 1.87. The van der Waals surface area contributed by atoms with Crippen molar-refractivity contribution in [2.24, 2.45) is 7.05 Å². The van der Waals surface area contributed by atoms with Crippen molar-refractivity contribution in [3.63, 3.8) is 0 Å². The second-order valence-corrected chi connectivity index (χ2v) is 6.73. The molecule has 0 unspecified atom stereocenters. The Hall–Kier alpha value is -1.80. The molecule has 2 aromatic heterocycles. The van der Waals surface area contributed by atoms with Crippen LogP contribution < -0.4 is 0 Å². The van der Waals surface area contributed by atoms with Gasteiger partial charge in [-0.25, -0.2) is 0 Å². The molecular formula is C16H22N4O3S. The molecule has 1 aliphatic rings. The lowest BCUT2D eigenvalue weighted by atomic mass is 10.2. The highest BCUT2D eigenvalue weighted by atomic mass is 32.2. The summed E-state index contributed by atoms with van der Waals surface area (Å²) in [7, 11) is 1.90. The molecule has 1 amide bonds. The number of morpholine rings is 1. The molecular weight excluding hydrogens is 328 g/mol. The first-order valence-corrected chi connectivity index (χ1v) is 9.04. The van der Waals surface area contributed by atoms with Crippen LogP contribution >= 0.6 is 11.8 Å². The zero-order valence-electron chi connectivity index (χ0n) is 14.2. The second-order valence-electron chi connectivity index (χ2n) is 5.79. The SMILES string of the molecule is CC[C@@H]1CN(C(=O)CSc2nnc(-c3ccoc3C)n2C)CCO1. The molecule has 1 aliphatic heterocycles. The van der Waals surface area contributed by atoms with Crippen molar-refractivity contribution in [1.82, 2.24) is 19.7 Å². The summed E-state index contributed by atoms with van der Waals surface area (Å²) in [6.07, 6.45) is 2.71. The number of hydrogen-bond donors (Lipinski definition) is 0. The molecule has 8 heteroatoms. The smallest absolute Gasteiger partial charge is 0.233 e. The van der Waals surface area contributed by atoms with Crippen LogP contribution in [0.3, 0.4) is 0 Å². The summed E-state index contributed by atoms with van der Waals surface area (Å²) >= 11 is 1.41. The molecule has 130 valence electrons. The summed E-state index contributed by atoms with van der Waals surface area (Å²) in [5, 5.41) is 9.14. The fourth-order valence-corrected chi connectivity index (χ4v) is 3.52. The van der Waals surface area contributed by atoms with Crippen LogP contribution in [0.4, 0.5) is 0 Å². The largest absolute Gasteiger partial charge is 0.469 e. The Labute approximate surface area is 145 Å². The van der Waals surface area contributed by atoms with Crippen molar-refractivity contribution in [1.29, 1.82) is 0 Å². The molecule has 0 radical (unpaired) electrons. The predicted molar refractivity (Wildman–Crippen MR) is 90.8 cm³/mol. The van der Waals surface area contributed by atoms with Gasteiger partial charge in [0.25, 0.3) is 0 Å². The molecule has 1 atom stereocenters. The van der Waals surface area contributed by atoms with E-state index in [0.717, 1.165) is 28.7 Å². The number of hydrogen-bond acceptors (Lipinski definition) is 6. The second kappa shape index (κ2) is 7.40. The average Bonchev–Trinajstić information content (AvgIpc) is 3.18. The quantitative estimate of drug-likeness (QED) is 0.769. The molecule has 7 nitrogen and oxygen atoms in total. The highest BCUT2D eigenvalue weighted by molar-refractivity contribution is 7.99. The topological polar surface area (TPSA) is 73.4 Å². The molecule has 0 saturated carbocycles. The summed E-state index contributed by atoms with van der Waals surface area (Å²) in [4.78, 5) is 14.3. The van der Waals surface area contributed by atoms with Gasteiger partial charge < -0.3 is 18.6 Å². The molecule has 0 spiro atoms. The average molecular weight is 350 g/mol. The van der Waals surface area contributed by atoms with Crippen LogP contribution in [0.5, 0.6) is 0 Å². The fourth-order valence-electron chi connectivity index (χ4n) is 2.70. The first-order chi connectivity index (χ1) is 11.6. The van der Waals surface area contributed by atoms with Gasteiger partial charge in [-0.15, -0.1) is 10.2 Å². The van der Waals surface area contributed by atoms with E-state index in [1.54, 1.807) is 6.26 Å². The molecule has 3 rings (SSSR count). The van der Waals surface area contributed by atoms with Crippen LogP contribution in [0, 0.1) is 6.92 Å². The number of aromatic nitrogens is 3. The lowest BCUT2D eigenvalue weighted by Crippen LogP contribution is -2.46. The van der Waals surface area contributed by atoms with Gasteiger partial charge in [0, 0.05) is 20.1 Å². The summed E-state index contributed by atoms with van der Waals surface area (Å²) in [5.74, 6) is 2.02. The third kappa shape index (κ3) is 3.49. The van der Waals surface area contributed by atoms with E-state index >= 15 is 0 Å². The van der Waals surface area contributed by atoms with Crippen molar-refractivity contribution < 1.29 is 13.9 Å². The monoisotopic (exact) mass is 350 g/mol. The Balaban J connectivity index is 1.62. The minimum atomic E-state index is 0.116. The van der Waals surface area contributed by atoms with Gasteiger partial charge in [0.2, 0.25) is 5.91 Å². The van der Waals surface area contributed by atoms with Gasteiger partial charge in [0.05, 0.1) is 30.3 Å². The number of thioether (sulfide) groups is 1. The molecule has 2 aromatic rings. The van der Waals surface area contributed by atoms with Crippen molar-refractivity contribution in [3.8, 4) is 11.4 Å². The van der Waals surface area contributed by atoms with E-state index in [1.165, 1.54) is 11.8 Å². The minimum Gasteiger partial charge on any atom is -0.469 e. The number of amides is 1. The van der Waals surface area contributed by atoms with Crippen LogP contribution in [0.15, 0.2) is 21.9 Å². The van der Waals surface area contributed by atoms with Crippen molar-refractivity contribution in [2.75, 3.05) is 25.4 Å². The van der Waals surface area contributed by atoms with Crippen molar-refractivity contribution >= 4 is 17.7 Å². The molecule has 0 aromatic carbocycles. The Bertz CT molecular complexity index is 712. The van der Waals surface area contributed by atoms with Crippen LogP contribution in [0.25, 0.3) is 11.4 Å². The van der Waals surface area contributed by atoms with E-state index in [-0.39, 0.29) is 12.0 Å². The van der Waals surface area contributed by atoms with E-state index in [2.05, 4.69) is 17.1 Å². The highest BCUT2D eigenvalue weighted by Gasteiger charge is 2.24. The Morgan fingerprint density at radius 1 is 1.46 bits per heavy atom. The number of rotatable bonds is 5. The third-order valence-electron chi connectivity index (χ3n) is 4.21. The van der Waals surface area contributed by atoms with E-state index in [4.69, 9.17) is 9.15 Å². The molecule has 24 heavy (non-hydrogen) atoms. The maximum absolute atomic E-state index is 12.4. The van der Waals surface area contributed by atoms with Crippen LogP contribution in [0.2, 0.25) is 0 Å². The van der Waals surface area contributed by atoms with Gasteiger partial charge in [-0.1, -0.05) is 18.7 Å². The molecule has 1 saturated heterocycles. The first kappa shape index (κ1) is 17.0. The van der Waals surface area contributed by atoms with Crippen molar-refractivity contribution in [3.05, 3.63) is 18.1 Å². The number of ether oxygens (including phenoxy) is 1. The standard InChI is InChI=1S/C16H22N4O3S/c1-4-12-9-20(6-8-23-12)14(21)10-24-16-18-17-15(19(16)3)13-5-7-22-11(13)2/h5,7,12H,4,6,8-10H2,1-3H3/t12-/m1/s1. The molecule has 0 N–H and O–H groups in total. The van der Waals surface area contributed by atoms with E-state index in [9.17, 15) is 4.79 Å². The van der Waals surface area contributed by atoms with Gasteiger partial charge in [0.15, 0.2) is 11.0 Å². The Morgan fingerprint density at radius 2 is 2.29 bits per heavy atom.